The van der Waals surface area contributed by atoms with Gasteiger partial charge in [0.15, 0.2) is 0 Å². The SMILES string of the molecule is CN1C2CCC(C2)C1CC=Cc1cncc(-c2ccccc2)c1. The summed E-state index contributed by atoms with van der Waals surface area (Å²) < 4.78 is 0. The van der Waals surface area contributed by atoms with Crippen LogP contribution in [0.4, 0.5) is 0 Å². The number of nitrogens with zero attached hydrogens (tertiary/aromatic N) is 2. The molecule has 1 aromatic heterocycles. The molecule has 1 saturated carbocycles. The summed E-state index contributed by atoms with van der Waals surface area (Å²) in [5, 5.41) is 0. The van der Waals surface area contributed by atoms with Crippen LogP contribution in [0.25, 0.3) is 17.2 Å². The molecule has 2 bridgehead atoms. The van der Waals surface area contributed by atoms with E-state index in [2.05, 4.69) is 59.4 Å². The Morgan fingerprint density at radius 1 is 1.13 bits per heavy atom. The summed E-state index contributed by atoms with van der Waals surface area (Å²) in [6.07, 6.45) is 13.9. The molecule has 1 aliphatic carbocycles. The van der Waals surface area contributed by atoms with E-state index in [0.717, 1.165) is 24.4 Å². The van der Waals surface area contributed by atoms with E-state index in [-0.39, 0.29) is 0 Å². The van der Waals surface area contributed by atoms with Gasteiger partial charge in [0.2, 0.25) is 0 Å². The smallest absolute Gasteiger partial charge is 0.0346 e. The van der Waals surface area contributed by atoms with Crippen molar-refractivity contribution in [3.63, 3.8) is 0 Å². The van der Waals surface area contributed by atoms with Crippen molar-refractivity contribution < 1.29 is 0 Å². The average Bonchev–Trinajstić information content (AvgIpc) is 3.19. The number of rotatable bonds is 4. The van der Waals surface area contributed by atoms with Gasteiger partial charge < -0.3 is 0 Å². The van der Waals surface area contributed by atoms with Crippen LogP contribution in [0.3, 0.4) is 0 Å². The number of hydrogen-bond acceptors (Lipinski definition) is 2. The summed E-state index contributed by atoms with van der Waals surface area (Å²) in [5.41, 5.74) is 3.60. The Morgan fingerprint density at radius 2 is 2.00 bits per heavy atom. The molecule has 1 aromatic carbocycles. The molecular formula is C21H24N2. The Labute approximate surface area is 138 Å². The van der Waals surface area contributed by atoms with Gasteiger partial charge in [0.05, 0.1) is 0 Å². The van der Waals surface area contributed by atoms with E-state index in [9.17, 15) is 0 Å². The van der Waals surface area contributed by atoms with Crippen LogP contribution >= 0.6 is 0 Å². The second-order valence-corrected chi connectivity index (χ2v) is 6.97. The Bertz CT molecular complexity index is 690. The van der Waals surface area contributed by atoms with Gasteiger partial charge in [0, 0.05) is 30.0 Å². The van der Waals surface area contributed by atoms with Crippen LogP contribution in [-0.4, -0.2) is 29.0 Å². The lowest BCUT2D eigenvalue weighted by Gasteiger charge is -2.31. The van der Waals surface area contributed by atoms with Gasteiger partial charge in [-0.15, -0.1) is 0 Å². The molecule has 2 fully saturated rings. The number of benzene rings is 1. The zero-order valence-corrected chi connectivity index (χ0v) is 13.7. The largest absolute Gasteiger partial charge is 0.300 e. The maximum atomic E-state index is 4.40. The van der Waals surface area contributed by atoms with E-state index in [0.29, 0.717) is 0 Å². The third kappa shape index (κ3) is 2.96. The van der Waals surface area contributed by atoms with Crippen LogP contribution in [0.1, 0.15) is 31.2 Å². The molecule has 2 aliphatic rings. The Balaban J connectivity index is 1.45. The minimum Gasteiger partial charge on any atom is -0.300 e. The molecule has 2 heteroatoms. The first-order valence-electron chi connectivity index (χ1n) is 8.70. The van der Waals surface area contributed by atoms with Gasteiger partial charge in [-0.2, -0.15) is 0 Å². The highest BCUT2D eigenvalue weighted by Crippen LogP contribution is 2.42. The van der Waals surface area contributed by atoms with Crippen molar-refractivity contribution in [1.82, 2.24) is 9.88 Å². The highest BCUT2D eigenvalue weighted by molar-refractivity contribution is 5.65. The van der Waals surface area contributed by atoms with E-state index in [1.54, 1.807) is 0 Å². The molecular weight excluding hydrogens is 280 g/mol. The third-order valence-corrected chi connectivity index (χ3v) is 5.64. The van der Waals surface area contributed by atoms with Gasteiger partial charge in [-0.3, -0.25) is 9.88 Å². The van der Waals surface area contributed by atoms with Crippen molar-refractivity contribution in [3.8, 4) is 11.1 Å². The zero-order valence-electron chi connectivity index (χ0n) is 13.7. The van der Waals surface area contributed by atoms with E-state index in [1.807, 2.05) is 18.5 Å². The summed E-state index contributed by atoms with van der Waals surface area (Å²) >= 11 is 0. The fraction of sp³-hybridized carbons (Fsp3) is 0.381. The summed E-state index contributed by atoms with van der Waals surface area (Å²) in [4.78, 5) is 7.01. The second-order valence-electron chi connectivity index (χ2n) is 6.97. The maximum Gasteiger partial charge on any atom is 0.0346 e. The lowest BCUT2D eigenvalue weighted by Crippen LogP contribution is -2.37. The quantitative estimate of drug-likeness (QED) is 0.818. The molecule has 0 radical (unpaired) electrons. The van der Waals surface area contributed by atoms with Gasteiger partial charge >= 0.3 is 0 Å². The normalized spacial score (nSPS) is 27.1. The summed E-state index contributed by atoms with van der Waals surface area (Å²) in [6.45, 7) is 0. The molecule has 23 heavy (non-hydrogen) atoms. The number of hydrogen-bond donors (Lipinski definition) is 0. The van der Waals surface area contributed by atoms with Crippen molar-refractivity contribution >= 4 is 6.08 Å². The van der Waals surface area contributed by atoms with Crippen molar-refractivity contribution in [1.29, 1.82) is 0 Å². The molecule has 0 N–H and O–H groups in total. The van der Waals surface area contributed by atoms with Crippen molar-refractivity contribution in [2.24, 2.45) is 5.92 Å². The Kier molecular flexibility index (Phi) is 4.00. The number of piperidine rings is 1. The van der Waals surface area contributed by atoms with Crippen LogP contribution in [0.5, 0.6) is 0 Å². The van der Waals surface area contributed by atoms with E-state index in [1.165, 1.54) is 36.0 Å². The Morgan fingerprint density at radius 3 is 2.78 bits per heavy atom. The van der Waals surface area contributed by atoms with Gasteiger partial charge in [-0.05, 0) is 55.8 Å². The highest BCUT2D eigenvalue weighted by atomic mass is 15.2. The standard InChI is InChI=1S/C21H24N2/c1-23-20-11-10-18(13-20)21(23)9-5-6-16-12-19(15-22-14-16)17-7-3-2-4-8-17/h2-8,12,14-15,18,20-21H,9-11,13H2,1H3. The first kappa shape index (κ1) is 14.6. The number of fused-ring (bicyclic) bond motifs is 2. The lowest BCUT2D eigenvalue weighted by molar-refractivity contribution is 0.177. The Hall–Kier alpha value is -1.93. The molecule has 2 aromatic rings. The fourth-order valence-electron chi connectivity index (χ4n) is 4.35. The fourth-order valence-corrected chi connectivity index (χ4v) is 4.35. The third-order valence-electron chi connectivity index (χ3n) is 5.64. The van der Waals surface area contributed by atoms with E-state index < -0.39 is 0 Å². The predicted octanol–water partition coefficient (Wildman–Crippen LogP) is 4.63. The van der Waals surface area contributed by atoms with Crippen LogP contribution in [0.15, 0.2) is 54.9 Å². The van der Waals surface area contributed by atoms with Gasteiger partial charge in [0.1, 0.15) is 0 Å². The zero-order chi connectivity index (χ0) is 15.6. The van der Waals surface area contributed by atoms with Crippen LogP contribution in [0.2, 0.25) is 0 Å². The highest BCUT2D eigenvalue weighted by Gasteiger charge is 2.42. The van der Waals surface area contributed by atoms with E-state index >= 15 is 0 Å². The molecule has 0 spiro atoms. The monoisotopic (exact) mass is 304 g/mol. The first-order valence-corrected chi connectivity index (χ1v) is 8.70. The van der Waals surface area contributed by atoms with Crippen molar-refractivity contribution in [3.05, 3.63) is 60.4 Å². The maximum absolute atomic E-state index is 4.40. The van der Waals surface area contributed by atoms with Crippen molar-refractivity contribution in [2.45, 2.75) is 37.8 Å². The van der Waals surface area contributed by atoms with Crippen LogP contribution < -0.4 is 0 Å². The minimum absolute atomic E-state index is 0.746. The van der Waals surface area contributed by atoms with Crippen molar-refractivity contribution in [2.75, 3.05) is 7.05 Å². The van der Waals surface area contributed by atoms with Gasteiger partial charge in [-0.1, -0.05) is 42.5 Å². The average molecular weight is 304 g/mol. The molecule has 3 unspecified atom stereocenters. The molecule has 3 atom stereocenters. The molecule has 118 valence electrons. The van der Waals surface area contributed by atoms with Gasteiger partial charge in [-0.25, -0.2) is 0 Å². The molecule has 2 nitrogen and oxygen atoms in total. The van der Waals surface area contributed by atoms with E-state index in [4.69, 9.17) is 0 Å². The molecule has 2 heterocycles. The summed E-state index contributed by atoms with van der Waals surface area (Å²) in [7, 11) is 2.31. The lowest BCUT2D eigenvalue weighted by atomic mass is 9.96. The first-order chi connectivity index (χ1) is 11.3. The second kappa shape index (κ2) is 6.29. The summed E-state index contributed by atoms with van der Waals surface area (Å²) in [5.74, 6) is 0.920. The van der Waals surface area contributed by atoms with Gasteiger partial charge in [0.25, 0.3) is 0 Å². The molecule has 0 amide bonds. The van der Waals surface area contributed by atoms with Crippen LogP contribution in [0, 0.1) is 5.92 Å². The number of pyridine rings is 1. The minimum atomic E-state index is 0.746. The molecule has 1 aliphatic heterocycles. The number of aromatic nitrogens is 1. The molecule has 4 rings (SSSR count). The van der Waals surface area contributed by atoms with Crippen LogP contribution in [-0.2, 0) is 0 Å². The number of likely N-dealkylation sites (tertiary alicyclic amines) is 1. The topological polar surface area (TPSA) is 16.1 Å². The molecule has 1 saturated heterocycles. The predicted molar refractivity (Wildman–Crippen MR) is 96.0 cm³/mol. The summed E-state index contributed by atoms with van der Waals surface area (Å²) in [6, 6.07) is 14.3.